The zero-order valence-corrected chi connectivity index (χ0v) is 33.2. The van der Waals surface area contributed by atoms with Gasteiger partial charge in [-0.25, -0.2) is 29.9 Å². The molecule has 2 aliphatic heterocycles. The van der Waals surface area contributed by atoms with Crippen molar-refractivity contribution in [2.24, 2.45) is 0 Å². The zero-order chi connectivity index (χ0) is 36.0. The molecule has 0 unspecified atom stereocenters. The molecule has 250 valence electrons. The van der Waals surface area contributed by atoms with E-state index in [2.05, 4.69) is 19.9 Å². The number of hydrogen-bond acceptors (Lipinski definition) is 14. The quantitative estimate of drug-likeness (QED) is 0.227. The van der Waals surface area contributed by atoms with Crippen LogP contribution in [0.1, 0.15) is 41.4 Å². The fraction of sp³-hybridized carbons (Fsp3) is 0. The second-order valence-corrected chi connectivity index (χ2v) is 11.8. The number of carboxylic acids is 4. The molecule has 2 aliphatic rings. The van der Waals surface area contributed by atoms with Crippen molar-refractivity contribution in [2.75, 3.05) is 0 Å². The molecular weight excluding hydrogens is 803 g/mol. The molecule has 54 heavy (non-hydrogen) atoms. The van der Waals surface area contributed by atoms with Crippen LogP contribution in [0.25, 0.3) is 89.7 Å². The molecule has 5 heterocycles. The fourth-order valence-corrected chi connectivity index (χ4v) is 6.30. The Morgan fingerprint density at radius 2 is 0.667 bits per heavy atom. The molecule has 9 rings (SSSR count). The largest absolute Gasteiger partial charge is 2.00 e. The van der Waals surface area contributed by atoms with Crippen LogP contribution in [-0.4, -0.2) is 63.7 Å². The van der Waals surface area contributed by atoms with E-state index in [4.69, 9.17) is 19.9 Å². The van der Waals surface area contributed by atoms with Gasteiger partial charge in [-0.15, -0.1) is 0 Å². The van der Waals surface area contributed by atoms with Gasteiger partial charge in [0.2, 0.25) is 0 Å². The van der Waals surface area contributed by atoms with Crippen LogP contribution in [0.4, 0.5) is 0 Å². The number of nitrogens with zero attached hydrogens (tertiary/aromatic N) is 6. The minimum absolute atomic E-state index is 0. The van der Waals surface area contributed by atoms with E-state index >= 15 is 0 Å². The Morgan fingerprint density at radius 3 is 1.02 bits per heavy atom. The number of rotatable bonds is 4. The summed E-state index contributed by atoms with van der Waals surface area (Å²) in [4.78, 5) is 81.8. The number of benzene rings is 4. The van der Waals surface area contributed by atoms with Crippen molar-refractivity contribution in [2.45, 2.75) is 0 Å². The maximum atomic E-state index is 11.9. The average molecular weight is 817 g/mol. The molecule has 0 saturated heterocycles. The Labute approximate surface area is 325 Å². The minimum Gasteiger partial charge on any atom is -0.545 e. The number of aromatic carboxylic acids is 4. The van der Waals surface area contributed by atoms with Crippen LogP contribution in [-0.2, 0) is 39.0 Å². The molecule has 0 saturated carbocycles. The van der Waals surface area contributed by atoms with Crippen LogP contribution < -0.4 is 20.4 Å². The third-order valence-electron chi connectivity index (χ3n) is 8.77. The van der Waals surface area contributed by atoms with Crippen molar-refractivity contribution < 1.29 is 78.6 Å². The van der Waals surface area contributed by atoms with E-state index in [9.17, 15) is 39.6 Å². The third-order valence-corrected chi connectivity index (χ3v) is 8.77. The third kappa shape index (κ3) is 5.68. The summed E-state index contributed by atoms with van der Waals surface area (Å²) in [6.07, 6.45) is 0. The van der Waals surface area contributed by atoms with Gasteiger partial charge in [0.05, 0.1) is 23.9 Å². The van der Waals surface area contributed by atoms with Crippen LogP contribution in [0.3, 0.4) is 0 Å². The maximum Gasteiger partial charge on any atom is 2.00 e. The minimum atomic E-state index is -1.44. The first kappa shape index (κ1) is 35.8. The molecule has 0 spiro atoms. The van der Waals surface area contributed by atoms with Crippen molar-refractivity contribution in [1.82, 2.24) is 39.9 Å². The summed E-state index contributed by atoms with van der Waals surface area (Å²) in [5.74, 6) is -5.53. The monoisotopic (exact) mass is 814 g/mol. The number of hydrogen-bond donors (Lipinski definition) is 2. The number of H-pyrrole nitrogens is 2. The molecule has 2 N–H and O–H groups in total. The predicted molar refractivity (Wildman–Crippen MR) is 173 cm³/mol. The van der Waals surface area contributed by atoms with E-state index in [1.165, 1.54) is 72.8 Å². The van der Waals surface area contributed by atoms with Crippen LogP contribution in [0, 0.1) is 0 Å². The van der Waals surface area contributed by atoms with Gasteiger partial charge in [0, 0.05) is 43.8 Å². The molecule has 0 fully saturated rings. The van der Waals surface area contributed by atoms with Gasteiger partial charge in [-0.1, -0.05) is 24.3 Å². The average Bonchev–Trinajstić information content (AvgIpc) is 3.85. The summed E-state index contributed by atoms with van der Waals surface area (Å²) in [6.45, 7) is 0. The molecule has 0 radical (unpaired) electrons. The number of fused-ring (bicyclic) bond motifs is 20. The summed E-state index contributed by atoms with van der Waals surface area (Å²) in [6, 6.07) is 16.6. The summed E-state index contributed by atoms with van der Waals surface area (Å²) in [7, 11) is 0. The summed E-state index contributed by atoms with van der Waals surface area (Å²) >= 11 is 0. The summed E-state index contributed by atoms with van der Waals surface area (Å²) in [5.41, 5.74) is 1.30. The molecular formula is C36H14N8O8Zn2. The number of aromatic nitrogens is 8. The molecule has 18 heteroatoms. The van der Waals surface area contributed by atoms with E-state index < -0.39 is 23.9 Å². The normalized spacial score (nSPS) is 11.3. The molecule has 8 bridgehead atoms. The van der Waals surface area contributed by atoms with Crippen LogP contribution >= 0.6 is 0 Å². The Morgan fingerprint density at radius 1 is 0.370 bits per heavy atom. The van der Waals surface area contributed by atoms with E-state index in [1.807, 2.05) is 0 Å². The molecule has 0 atom stereocenters. The molecule has 7 aromatic rings. The number of carbonyl (C=O) groups is 4. The number of carbonyl (C=O) groups excluding carboxylic acids is 4. The first-order chi connectivity index (χ1) is 25.0. The smallest absolute Gasteiger partial charge is 0.545 e. The van der Waals surface area contributed by atoms with Gasteiger partial charge >= 0.3 is 39.0 Å². The second kappa shape index (κ2) is 13.1. The SMILES string of the molecule is O=C([O-])c1ccc2c(c1)-c1nc-2nc2[nH]c(nc3nc(nc4[nH]c(n1)c1ccc(C(=O)[O-])cc41)-c1ccc(C(=O)[O-])cc1-3)c1ccc(C(=O)[O-])cc21.[Zn+2].[Zn+2]. The van der Waals surface area contributed by atoms with E-state index in [0.29, 0.717) is 32.7 Å². The first-order valence-corrected chi connectivity index (χ1v) is 15.3. The first-order valence-electron chi connectivity index (χ1n) is 15.3. The van der Waals surface area contributed by atoms with Crippen molar-refractivity contribution in [1.29, 1.82) is 0 Å². The van der Waals surface area contributed by atoms with Crippen molar-refractivity contribution in [3.05, 3.63) is 95.1 Å². The predicted octanol–water partition coefficient (Wildman–Crippen LogP) is 0.318. The topological polar surface area (TPSA) is 269 Å². The van der Waals surface area contributed by atoms with E-state index in [-0.39, 0.29) is 118 Å². The van der Waals surface area contributed by atoms with Gasteiger partial charge < -0.3 is 49.6 Å². The molecule has 0 amide bonds. The number of aromatic amines is 2. The summed E-state index contributed by atoms with van der Waals surface area (Å²) in [5, 5.41) is 48.9. The van der Waals surface area contributed by atoms with Crippen molar-refractivity contribution in [3.63, 3.8) is 0 Å². The van der Waals surface area contributed by atoms with Gasteiger partial charge in [-0.2, -0.15) is 0 Å². The Bertz CT molecular complexity index is 2810. The van der Waals surface area contributed by atoms with Gasteiger partial charge in [0.1, 0.15) is 22.6 Å². The van der Waals surface area contributed by atoms with Gasteiger partial charge in [0.15, 0.2) is 23.3 Å². The molecule has 16 nitrogen and oxygen atoms in total. The van der Waals surface area contributed by atoms with Crippen molar-refractivity contribution in [3.8, 4) is 45.6 Å². The van der Waals surface area contributed by atoms with E-state index in [0.717, 1.165) is 0 Å². The maximum absolute atomic E-state index is 11.9. The van der Waals surface area contributed by atoms with E-state index in [1.54, 1.807) is 0 Å². The fourth-order valence-electron chi connectivity index (χ4n) is 6.30. The van der Waals surface area contributed by atoms with Gasteiger partial charge in [-0.3, -0.25) is 0 Å². The number of nitrogens with one attached hydrogen (secondary N) is 2. The zero-order valence-electron chi connectivity index (χ0n) is 27.3. The number of carboxylic acid groups (broad SMARTS) is 4. The summed E-state index contributed by atoms with van der Waals surface area (Å²) < 4.78 is 0. The van der Waals surface area contributed by atoms with Crippen LogP contribution in [0.2, 0.25) is 0 Å². The van der Waals surface area contributed by atoms with Crippen LogP contribution in [0.5, 0.6) is 0 Å². The standard InChI is InChI=1S/C36H18N8O8.2Zn/c45-33(46)13-1-5-17-21(9-13)29-37-25(17)41-30-22-10-14(34(47)48)2-6-18(22)27(38-30)43-32-24-12-16(36(51)52)4-8-20(24)28(40-32)44-31-23-11-15(35(49)50)3-7-19(23)26(39-31)42-29;;/h1-12H,(H,45,46)(H,47,48)(H,49,50)(H,51,52)(H2,37,38,39,40,41,42,43,44);;/q;2*+2/p-4. The Balaban J connectivity index is 0.00000225. The molecule has 0 aliphatic carbocycles. The van der Waals surface area contributed by atoms with Gasteiger partial charge in [-0.05, 0) is 70.8 Å². The Kier molecular flexibility index (Phi) is 8.67. The van der Waals surface area contributed by atoms with Crippen LogP contribution in [0.15, 0.2) is 72.8 Å². The molecule has 3 aromatic heterocycles. The van der Waals surface area contributed by atoms with Gasteiger partial charge in [0.25, 0.3) is 0 Å². The second-order valence-electron chi connectivity index (χ2n) is 11.8. The molecule has 4 aromatic carbocycles. The Hall–Kier alpha value is -6.63. The van der Waals surface area contributed by atoms with Crippen molar-refractivity contribution >= 4 is 68.0 Å².